The van der Waals surface area contributed by atoms with Crippen LogP contribution in [0.5, 0.6) is 5.75 Å². The monoisotopic (exact) mass is 532 g/mol. The molecule has 3 atom stereocenters. The van der Waals surface area contributed by atoms with Crippen molar-refractivity contribution in [2.45, 2.75) is 50.5 Å². The van der Waals surface area contributed by atoms with Crippen molar-refractivity contribution >= 4 is 22.5 Å². The van der Waals surface area contributed by atoms with Crippen LogP contribution < -0.4 is 15.0 Å². The predicted molar refractivity (Wildman–Crippen MR) is 144 cm³/mol. The Kier molecular flexibility index (Phi) is 6.68. The molecule has 3 aromatic carbocycles. The normalized spacial score (nSPS) is 20.9. The van der Waals surface area contributed by atoms with Crippen LogP contribution in [0.1, 0.15) is 31.2 Å². The Morgan fingerprint density at radius 3 is 2.67 bits per heavy atom. The molecule has 7 nitrogen and oxygen atoms in total. The van der Waals surface area contributed by atoms with Crippen molar-refractivity contribution in [3.8, 4) is 16.9 Å². The number of aromatic nitrogens is 2. The second-order valence-corrected chi connectivity index (χ2v) is 10.4. The van der Waals surface area contributed by atoms with E-state index in [2.05, 4.69) is 10.4 Å². The average Bonchev–Trinajstić information content (AvgIpc) is 3.32. The number of benzene rings is 3. The quantitative estimate of drug-likeness (QED) is 0.389. The summed E-state index contributed by atoms with van der Waals surface area (Å²) in [7, 11) is 1.80. The molecule has 0 bridgehead atoms. The molecule has 0 spiro atoms. The molecular weight excluding hydrogens is 502 g/mol. The molecule has 0 radical (unpaired) electrons. The summed E-state index contributed by atoms with van der Waals surface area (Å²) in [5.41, 5.74) is 2.44. The number of carbonyl (C=O) groups excluding carboxylic acids is 1. The van der Waals surface area contributed by atoms with E-state index in [1.54, 1.807) is 28.8 Å². The van der Waals surface area contributed by atoms with E-state index in [0.717, 1.165) is 23.7 Å². The van der Waals surface area contributed by atoms with Crippen molar-refractivity contribution in [1.29, 1.82) is 0 Å². The molecule has 9 heteroatoms. The van der Waals surface area contributed by atoms with Gasteiger partial charge in [-0.2, -0.15) is 5.10 Å². The second kappa shape index (κ2) is 10.3. The lowest BCUT2D eigenvalue weighted by Crippen LogP contribution is -2.54. The number of aliphatic hydroxyl groups excluding tert-OH is 1. The SMILES string of the molecule is Cn1cc2c(-c3cc(F)c(CN4CC(C(=O)N[C@H]5CCCC[C@@H]5O)Oc5ccccc54)c(F)c3)cccc2n1. The van der Waals surface area contributed by atoms with Gasteiger partial charge in [-0.15, -0.1) is 0 Å². The minimum atomic E-state index is -0.886. The van der Waals surface area contributed by atoms with Gasteiger partial charge in [0.15, 0.2) is 6.10 Å². The van der Waals surface area contributed by atoms with Crippen molar-refractivity contribution in [1.82, 2.24) is 15.1 Å². The maximum absolute atomic E-state index is 15.5. The third-order valence-electron chi connectivity index (χ3n) is 7.68. The van der Waals surface area contributed by atoms with E-state index in [-0.39, 0.29) is 30.6 Å². The molecule has 1 fully saturated rings. The molecule has 2 N–H and O–H groups in total. The second-order valence-electron chi connectivity index (χ2n) is 10.4. The van der Waals surface area contributed by atoms with Crippen molar-refractivity contribution < 1.29 is 23.4 Å². The third-order valence-corrected chi connectivity index (χ3v) is 7.68. The van der Waals surface area contributed by atoms with E-state index in [0.29, 0.717) is 35.4 Å². The van der Waals surface area contributed by atoms with Gasteiger partial charge in [-0.1, -0.05) is 37.1 Å². The lowest BCUT2D eigenvalue weighted by atomic mass is 9.92. The van der Waals surface area contributed by atoms with Gasteiger partial charge in [-0.3, -0.25) is 9.48 Å². The Hall–Kier alpha value is -3.98. The first-order valence-corrected chi connectivity index (χ1v) is 13.3. The van der Waals surface area contributed by atoms with Gasteiger partial charge < -0.3 is 20.1 Å². The van der Waals surface area contributed by atoms with Crippen molar-refractivity contribution in [3.05, 3.63) is 78.0 Å². The number of hydrogen-bond acceptors (Lipinski definition) is 5. The van der Waals surface area contributed by atoms with Gasteiger partial charge in [0.25, 0.3) is 5.91 Å². The summed E-state index contributed by atoms with van der Waals surface area (Å²) in [4.78, 5) is 14.9. The first-order chi connectivity index (χ1) is 18.9. The number of hydrogen-bond donors (Lipinski definition) is 2. The molecule has 0 saturated heterocycles. The molecular formula is C30H30F2N4O3. The number of aliphatic hydroxyl groups is 1. The Morgan fingerprint density at radius 1 is 1.10 bits per heavy atom. The van der Waals surface area contributed by atoms with Crippen LogP contribution in [-0.2, 0) is 18.4 Å². The van der Waals surface area contributed by atoms with Crippen LogP contribution in [0, 0.1) is 11.6 Å². The lowest BCUT2D eigenvalue weighted by molar-refractivity contribution is -0.129. The summed E-state index contributed by atoms with van der Waals surface area (Å²) in [5.74, 6) is -1.21. The smallest absolute Gasteiger partial charge is 0.263 e. The highest BCUT2D eigenvalue weighted by Gasteiger charge is 2.34. The summed E-state index contributed by atoms with van der Waals surface area (Å²) in [6.45, 7) is 0.0343. The van der Waals surface area contributed by atoms with E-state index in [1.807, 2.05) is 36.5 Å². The van der Waals surface area contributed by atoms with E-state index in [4.69, 9.17) is 4.74 Å². The summed E-state index contributed by atoms with van der Waals surface area (Å²) in [6, 6.07) is 15.0. The fourth-order valence-corrected chi connectivity index (χ4v) is 5.66. The number of carbonyl (C=O) groups is 1. The highest BCUT2D eigenvalue weighted by molar-refractivity contribution is 5.94. The van der Waals surface area contributed by atoms with E-state index in [1.165, 1.54) is 12.1 Å². The van der Waals surface area contributed by atoms with Crippen molar-refractivity contribution in [3.63, 3.8) is 0 Å². The van der Waals surface area contributed by atoms with E-state index in [9.17, 15) is 9.90 Å². The molecule has 1 aliphatic carbocycles. The highest BCUT2D eigenvalue weighted by Crippen LogP contribution is 2.36. The number of aryl methyl sites for hydroxylation is 1. The molecule has 4 aromatic rings. The number of fused-ring (bicyclic) bond motifs is 2. The zero-order chi connectivity index (χ0) is 27.1. The number of rotatable bonds is 5. The molecule has 1 amide bonds. The largest absolute Gasteiger partial charge is 0.477 e. The van der Waals surface area contributed by atoms with Crippen LogP contribution in [0.3, 0.4) is 0 Å². The molecule has 39 heavy (non-hydrogen) atoms. The molecule has 1 aromatic heterocycles. The number of anilines is 1. The van der Waals surface area contributed by atoms with Crippen molar-refractivity contribution in [2.75, 3.05) is 11.4 Å². The maximum Gasteiger partial charge on any atom is 0.263 e. The van der Waals surface area contributed by atoms with Crippen molar-refractivity contribution in [2.24, 2.45) is 7.05 Å². The summed E-state index contributed by atoms with van der Waals surface area (Å²) >= 11 is 0. The predicted octanol–water partition coefficient (Wildman–Crippen LogP) is 4.71. The first-order valence-electron chi connectivity index (χ1n) is 13.3. The van der Waals surface area contributed by atoms with Crippen LogP contribution in [0.4, 0.5) is 14.5 Å². The molecule has 1 saturated carbocycles. The Morgan fingerprint density at radius 2 is 1.87 bits per heavy atom. The maximum atomic E-state index is 15.5. The number of halogens is 2. The number of nitrogens with one attached hydrogen (secondary N) is 1. The number of amides is 1. The van der Waals surface area contributed by atoms with Gasteiger partial charge in [-0.05, 0) is 54.3 Å². The standard InChI is InChI=1S/C30H30F2N4O3/c1-35-15-20-19(7-6-9-24(20)34-35)18-13-22(31)21(23(32)14-18)16-36-17-29(39-28-12-5-3-10-26(28)36)30(38)33-25-8-2-4-11-27(25)37/h3,5-7,9-10,12-15,25,27,29,37H,2,4,8,11,16-17H2,1H3,(H,33,38)/t25-,27-,29?/m0/s1. The molecule has 6 rings (SSSR count). The van der Waals surface area contributed by atoms with Gasteiger partial charge in [-0.25, -0.2) is 8.78 Å². The Balaban J connectivity index is 1.27. The van der Waals surface area contributed by atoms with Crippen LogP contribution in [0.25, 0.3) is 22.0 Å². The highest BCUT2D eigenvalue weighted by atomic mass is 19.1. The molecule has 1 unspecified atom stereocenters. The number of nitrogens with zero attached hydrogens (tertiary/aromatic N) is 3. The van der Waals surface area contributed by atoms with E-state index < -0.39 is 23.8 Å². The van der Waals surface area contributed by atoms with Gasteiger partial charge in [0, 0.05) is 30.7 Å². The zero-order valence-electron chi connectivity index (χ0n) is 21.6. The zero-order valence-corrected chi connectivity index (χ0v) is 21.6. The average molecular weight is 533 g/mol. The van der Waals surface area contributed by atoms with Crippen LogP contribution >= 0.6 is 0 Å². The summed E-state index contributed by atoms with van der Waals surface area (Å²) in [5, 5.41) is 18.4. The number of ether oxygens (including phenoxy) is 1. The fraction of sp³-hybridized carbons (Fsp3) is 0.333. The van der Waals surface area contributed by atoms with Gasteiger partial charge in [0.05, 0.1) is 29.9 Å². The van der Waals surface area contributed by atoms with Gasteiger partial charge >= 0.3 is 0 Å². The molecule has 2 heterocycles. The Labute approximate surface area is 225 Å². The topological polar surface area (TPSA) is 79.6 Å². The van der Waals surface area contributed by atoms with Crippen LogP contribution in [-0.4, -0.2) is 45.6 Å². The first kappa shape index (κ1) is 25.3. The van der Waals surface area contributed by atoms with Gasteiger partial charge in [0.2, 0.25) is 0 Å². The molecule has 2 aliphatic rings. The number of para-hydroxylation sites is 2. The fourth-order valence-electron chi connectivity index (χ4n) is 5.66. The third kappa shape index (κ3) is 4.94. The van der Waals surface area contributed by atoms with Crippen LogP contribution in [0.15, 0.2) is 60.8 Å². The molecule has 1 aliphatic heterocycles. The van der Waals surface area contributed by atoms with Crippen LogP contribution in [0.2, 0.25) is 0 Å². The summed E-state index contributed by atoms with van der Waals surface area (Å²) < 4.78 is 38.7. The van der Waals surface area contributed by atoms with E-state index >= 15 is 8.78 Å². The lowest BCUT2D eigenvalue weighted by Gasteiger charge is -2.37. The minimum absolute atomic E-state index is 0.0781. The summed E-state index contributed by atoms with van der Waals surface area (Å²) in [6.07, 6.45) is 3.58. The molecule has 202 valence electrons. The Bertz CT molecular complexity index is 1510. The minimum Gasteiger partial charge on any atom is -0.477 e. The van der Waals surface area contributed by atoms with Gasteiger partial charge in [0.1, 0.15) is 17.4 Å².